The van der Waals surface area contributed by atoms with Crippen LogP contribution in [0.25, 0.3) is 0 Å². The molecule has 1 aromatic carbocycles. The molecular weight excluding hydrogens is 549 g/mol. The van der Waals surface area contributed by atoms with Gasteiger partial charge in [-0.2, -0.15) is 5.10 Å². The Labute approximate surface area is 237 Å². The fourth-order valence-electron chi connectivity index (χ4n) is 6.69. The first-order valence-electron chi connectivity index (χ1n) is 13.1. The van der Waals surface area contributed by atoms with Crippen molar-refractivity contribution in [1.82, 2.24) is 14.7 Å². The second-order valence-corrected chi connectivity index (χ2v) is 13.2. The molecular formula is C28H32Cl3N3O4. The van der Waals surface area contributed by atoms with Crippen molar-refractivity contribution in [2.45, 2.75) is 71.4 Å². The molecule has 5 rings (SSSR count). The van der Waals surface area contributed by atoms with E-state index >= 15 is 0 Å². The standard InChI is InChI=1S/C28H32Cl3N3O4/c1-27(2)18-11-16(12-19(18)27)33(14-22(35)23-20(29)5-4-6-21(23)30)25(36)17-13-32-34(24(17)31)15-7-9-28(3,10-8-15)26(37)38/h4-6,13,15-16,18-19H,7-12,14H2,1-3H3,(H,37,38)/t15?,16-,18+,19-,28?. The summed E-state index contributed by atoms with van der Waals surface area (Å²) in [5.74, 6) is -0.419. The lowest BCUT2D eigenvalue weighted by Gasteiger charge is -2.34. The number of halogens is 3. The van der Waals surface area contributed by atoms with Crippen molar-refractivity contribution >= 4 is 52.5 Å². The van der Waals surface area contributed by atoms with Crippen molar-refractivity contribution in [3.8, 4) is 0 Å². The maximum Gasteiger partial charge on any atom is 0.309 e. The van der Waals surface area contributed by atoms with Gasteiger partial charge in [0, 0.05) is 6.04 Å². The monoisotopic (exact) mass is 579 g/mol. The summed E-state index contributed by atoms with van der Waals surface area (Å²) in [4.78, 5) is 40.6. The summed E-state index contributed by atoms with van der Waals surface area (Å²) >= 11 is 19.3. The summed E-state index contributed by atoms with van der Waals surface area (Å²) in [6.07, 6.45) is 5.34. The maximum absolute atomic E-state index is 14.0. The molecule has 3 aliphatic carbocycles. The highest BCUT2D eigenvalue weighted by Crippen LogP contribution is 2.67. The molecule has 3 atom stereocenters. The predicted octanol–water partition coefficient (Wildman–Crippen LogP) is 6.81. The zero-order valence-corrected chi connectivity index (χ0v) is 24.0. The summed E-state index contributed by atoms with van der Waals surface area (Å²) in [7, 11) is 0. The molecule has 0 spiro atoms. The first-order chi connectivity index (χ1) is 17.8. The highest BCUT2D eigenvalue weighted by atomic mass is 35.5. The van der Waals surface area contributed by atoms with Gasteiger partial charge in [-0.05, 0) is 74.8 Å². The molecule has 1 amide bonds. The fourth-order valence-corrected chi connectivity index (χ4v) is 7.61. The number of aliphatic carboxylic acids is 1. The summed E-state index contributed by atoms with van der Waals surface area (Å²) in [6.45, 7) is 6.10. The van der Waals surface area contributed by atoms with E-state index in [0.29, 0.717) is 37.5 Å². The Morgan fingerprint density at radius 2 is 1.63 bits per heavy atom. The van der Waals surface area contributed by atoms with Gasteiger partial charge in [0.05, 0.1) is 45.4 Å². The zero-order chi connectivity index (χ0) is 27.6. The van der Waals surface area contributed by atoms with Crippen LogP contribution in [-0.2, 0) is 4.79 Å². The molecule has 7 nitrogen and oxygen atoms in total. The Hall–Kier alpha value is -2.09. The van der Waals surface area contributed by atoms with Gasteiger partial charge >= 0.3 is 5.97 Å². The zero-order valence-electron chi connectivity index (χ0n) is 21.7. The van der Waals surface area contributed by atoms with Crippen molar-refractivity contribution in [1.29, 1.82) is 0 Å². The van der Waals surface area contributed by atoms with E-state index in [2.05, 4.69) is 18.9 Å². The van der Waals surface area contributed by atoms with E-state index in [4.69, 9.17) is 34.8 Å². The van der Waals surface area contributed by atoms with Crippen molar-refractivity contribution in [3.63, 3.8) is 0 Å². The fraction of sp³-hybridized carbons (Fsp3) is 0.571. The van der Waals surface area contributed by atoms with Crippen molar-refractivity contribution in [3.05, 3.63) is 50.7 Å². The molecule has 2 aromatic rings. The number of ketones is 1. The molecule has 0 unspecified atom stereocenters. The van der Waals surface area contributed by atoms with E-state index in [-0.39, 0.29) is 62.1 Å². The summed E-state index contributed by atoms with van der Waals surface area (Å²) in [5.41, 5.74) is -0.0446. The second-order valence-electron chi connectivity index (χ2n) is 12.0. The minimum Gasteiger partial charge on any atom is -0.481 e. The average molecular weight is 581 g/mol. The average Bonchev–Trinajstić information content (AvgIpc) is 3.24. The summed E-state index contributed by atoms with van der Waals surface area (Å²) in [5, 5.41) is 14.7. The smallest absolute Gasteiger partial charge is 0.309 e. The molecule has 0 radical (unpaired) electrons. The third-order valence-corrected chi connectivity index (χ3v) is 10.5. The van der Waals surface area contributed by atoms with E-state index in [1.807, 2.05) is 0 Å². The number of carboxylic acid groups (broad SMARTS) is 1. The van der Waals surface area contributed by atoms with Crippen molar-refractivity contribution in [2.24, 2.45) is 22.7 Å². The minimum atomic E-state index is -0.796. The molecule has 0 saturated heterocycles. The number of hydrogen-bond acceptors (Lipinski definition) is 4. The van der Waals surface area contributed by atoms with Crippen LogP contribution in [0.4, 0.5) is 0 Å². The molecule has 1 aromatic heterocycles. The number of benzene rings is 1. The van der Waals surface area contributed by atoms with Gasteiger partial charge in [-0.1, -0.05) is 54.7 Å². The lowest BCUT2D eigenvalue weighted by Crippen LogP contribution is -2.43. The number of carboxylic acids is 1. The van der Waals surface area contributed by atoms with Crippen LogP contribution in [0.2, 0.25) is 15.2 Å². The van der Waals surface area contributed by atoms with Crippen molar-refractivity contribution < 1.29 is 19.5 Å². The Kier molecular flexibility index (Phi) is 7.11. The quantitative estimate of drug-likeness (QED) is 0.363. The van der Waals surface area contributed by atoms with Crippen LogP contribution in [0.1, 0.15) is 86.1 Å². The van der Waals surface area contributed by atoms with Gasteiger partial charge in [0.1, 0.15) is 5.15 Å². The van der Waals surface area contributed by atoms with Gasteiger partial charge in [0.25, 0.3) is 5.91 Å². The molecule has 1 N–H and O–H groups in total. The Morgan fingerprint density at radius 1 is 1.05 bits per heavy atom. The van der Waals surface area contributed by atoms with Crippen LogP contribution in [0, 0.1) is 22.7 Å². The van der Waals surface area contributed by atoms with E-state index in [0.717, 1.165) is 12.8 Å². The van der Waals surface area contributed by atoms with Gasteiger partial charge in [0.2, 0.25) is 0 Å². The molecule has 3 saturated carbocycles. The number of carbonyl (C=O) groups excluding carboxylic acids is 2. The lowest BCUT2D eigenvalue weighted by molar-refractivity contribution is -0.150. The molecule has 10 heteroatoms. The number of amides is 1. The number of fused-ring (bicyclic) bond motifs is 1. The lowest BCUT2D eigenvalue weighted by atomic mass is 9.74. The number of Topliss-reactive ketones (excluding diaryl/α,β-unsaturated/α-hetero) is 1. The molecule has 0 aliphatic heterocycles. The van der Waals surface area contributed by atoms with Gasteiger partial charge in [-0.25, -0.2) is 0 Å². The number of nitrogens with zero attached hydrogens (tertiary/aromatic N) is 3. The Morgan fingerprint density at radius 3 is 2.18 bits per heavy atom. The van der Waals surface area contributed by atoms with E-state index in [1.54, 1.807) is 34.7 Å². The maximum atomic E-state index is 14.0. The van der Waals surface area contributed by atoms with Gasteiger partial charge in [0.15, 0.2) is 5.78 Å². The number of aromatic nitrogens is 2. The first kappa shape index (κ1) is 27.5. The molecule has 38 heavy (non-hydrogen) atoms. The second kappa shape index (κ2) is 9.83. The predicted molar refractivity (Wildman–Crippen MR) is 146 cm³/mol. The van der Waals surface area contributed by atoms with Gasteiger partial charge in [-0.15, -0.1) is 0 Å². The van der Waals surface area contributed by atoms with E-state index in [1.165, 1.54) is 6.20 Å². The molecule has 1 heterocycles. The molecule has 204 valence electrons. The number of carbonyl (C=O) groups is 3. The third-order valence-electron chi connectivity index (χ3n) is 9.48. The third kappa shape index (κ3) is 4.65. The Bertz CT molecular complexity index is 1260. The van der Waals surface area contributed by atoms with Gasteiger partial charge < -0.3 is 10.0 Å². The largest absolute Gasteiger partial charge is 0.481 e. The molecule has 3 aliphatic rings. The van der Waals surface area contributed by atoms with Crippen LogP contribution in [0.15, 0.2) is 24.4 Å². The van der Waals surface area contributed by atoms with E-state index < -0.39 is 11.4 Å². The van der Waals surface area contributed by atoms with E-state index in [9.17, 15) is 19.5 Å². The van der Waals surface area contributed by atoms with Crippen LogP contribution in [0.3, 0.4) is 0 Å². The van der Waals surface area contributed by atoms with Crippen LogP contribution in [0.5, 0.6) is 0 Å². The van der Waals surface area contributed by atoms with Crippen LogP contribution >= 0.6 is 34.8 Å². The van der Waals surface area contributed by atoms with Gasteiger partial charge in [-0.3, -0.25) is 19.1 Å². The topological polar surface area (TPSA) is 92.5 Å². The van der Waals surface area contributed by atoms with Crippen LogP contribution in [-0.4, -0.2) is 50.0 Å². The Balaban J connectivity index is 1.39. The highest BCUT2D eigenvalue weighted by molar-refractivity contribution is 6.40. The van der Waals surface area contributed by atoms with Crippen LogP contribution < -0.4 is 0 Å². The SMILES string of the molecule is CC1(C(=O)O)CCC(n2ncc(C(=O)N(CC(=O)c3c(Cl)cccc3Cl)[C@H]3C[C@@H]4[C@H](C3)C4(C)C)c2Cl)CC1. The highest BCUT2D eigenvalue weighted by Gasteiger charge is 2.63. The minimum absolute atomic E-state index is 0.0894. The summed E-state index contributed by atoms with van der Waals surface area (Å²) in [6, 6.07) is 4.71. The summed E-state index contributed by atoms with van der Waals surface area (Å²) < 4.78 is 1.64. The molecule has 3 fully saturated rings. The molecule has 0 bridgehead atoms. The van der Waals surface area contributed by atoms with Crippen molar-refractivity contribution in [2.75, 3.05) is 6.54 Å². The first-order valence-corrected chi connectivity index (χ1v) is 14.2. The number of rotatable bonds is 7. The normalized spacial score (nSPS) is 29.5. The number of hydrogen-bond donors (Lipinski definition) is 1.